The highest BCUT2D eigenvalue weighted by Crippen LogP contribution is 2.29. The third-order valence-corrected chi connectivity index (χ3v) is 2.20. The van der Waals surface area contributed by atoms with E-state index in [1.807, 2.05) is 7.05 Å². The maximum atomic E-state index is 11.2. The topological polar surface area (TPSA) is 38.3 Å². The van der Waals surface area contributed by atoms with Gasteiger partial charge in [0.2, 0.25) is 0 Å². The number of ether oxygens (including phenoxy) is 1. The van der Waals surface area contributed by atoms with Crippen LogP contribution >= 0.6 is 0 Å². The molecule has 0 amide bonds. The van der Waals surface area contributed by atoms with Crippen LogP contribution in [-0.2, 0) is 9.53 Å². The second-order valence-electron chi connectivity index (χ2n) is 3.21. The van der Waals surface area contributed by atoms with Gasteiger partial charge in [-0.2, -0.15) is 0 Å². The third-order valence-electron chi connectivity index (χ3n) is 2.20. The van der Waals surface area contributed by atoms with Crippen LogP contribution < -0.4 is 5.32 Å². The molecule has 3 heteroatoms. The predicted octanol–water partition coefficient (Wildman–Crippen LogP) is 1.06. The molecule has 0 aromatic heterocycles. The number of hydrogen-bond acceptors (Lipinski definition) is 3. The fourth-order valence-corrected chi connectivity index (χ4v) is 1.60. The minimum atomic E-state index is -0.191. The van der Waals surface area contributed by atoms with Gasteiger partial charge in [-0.25, -0.2) is 4.79 Å². The highest BCUT2D eigenvalue weighted by molar-refractivity contribution is 5.89. The summed E-state index contributed by atoms with van der Waals surface area (Å²) in [5.41, 5.74) is 1.85. The lowest BCUT2D eigenvalue weighted by Crippen LogP contribution is -2.11. The van der Waals surface area contributed by atoms with Crippen LogP contribution in [0, 0.1) is 5.92 Å². The van der Waals surface area contributed by atoms with Crippen molar-refractivity contribution in [3.8, 4) is 0 Å². The van der Waals surface area contributed by atoms with Crippen LogP contribution in [0.4, 0.5) is 0 Å². The second kappa shape index (κ2) is 3.61. The quantitative estimate of drug-likeness (QED) is 0.628. The Kier molecular flexibility index (Phi) is 2.74. The summed E-state index contributed by atoms with van der Waals surface area (Å²) >= 11 is 0. The van der Waals surface area contributed by atoms with Gasteiger partial charge in [-0.15, -0.1) is 0 Å². The van der Waals surface area contributed by atoms with E-state index in [2.05, 4.69) is 17.0 Å². The molecule has 0 aromatic rings. The van der Waals surface area contributed by atoms with Gasteiger partial charge in [0.1, 0.15) is 0 Å². The Hall–Kier alpha value is -0.990. The first-order valence-electron chi connectivity index (χ1n) is 4.17. The second-order valence-corrected chi connectivity index (χ2v) is 3.21. The standard InChI is InChI=1S/C9H15NO2/c1-6-4-7(9(11)12-3)8(5-6)10-2/h6,10H,4-5H2,1-3H3. The molecule has 1 atom stereocenters. The highest BCUT2D eigenvalue weighted by Gasteiger charge is 2.25. The van der Waals surface area contributed by atoms with E-state index in [4.69, 9.17) is 0 Å². The molecule has 0 heterocycles. The monoisotopic (exact) mass is 169 g/mol. The van der Waals surface area contributed by atoms with Crippen molar-refractivity contribution in [1.82, 2.24) is 5.32 Å². The number of carbonyl (C=O) groups is 1. The van der Waals surface area contributed by atoms with Crippen LogP contribution in [-0.4, -0.2) is 20.1 Å². The summed E-state index contributed by atoms with van der Waals surface area (Å²) in [6.07, 6.45) is 1.80. The predicted molar refractivity (Wildman–Crippen MR) is 46.5 cm³/mol. The number of carbonyl (C=O) groups excluding carboxylic acids is 1. The van der Waals surface area contributed by atoms with E-state index >= 15 is 0 Å². The van der Waals surface area contributed by atoms with E-state index in [1.54, 1.807) is 0 Å². The molecule has 0 radical (unpaired) electrons. The zero-order valence-corrected chi connectivity index (χ0v) is 7.81. The minimum Gasteiger partial charge on any atom is -0.466 e. The van der Waals surface area contributed by atoms with Crippen molar-refractivity contribution >= 4 is 5.97 Å². The molecule has 3 nitrogen and oxygen atoms in total. The molecule has 0 saturated heterocycles. The Labute approximate surface area is 72.8 Å². The van der Waals surface area contributed by atoms with E-state index in [1.165, 1.54) is 7.11 Å². The van der Waals surface area contributed by atoms with E-state index in [0.29, 0.717) is 5.92 Å². The molecule has 1 rings (SSSR count). The van der Waals surface area contributed by atoms with E-state index in [-0.39, 0.29) is 5.97 Å². The number of methoxy groups -OCH3 is 1. The van der Waals surface area contributed by atoms with Crippen molar-refractivity contribution in [3.05, 3.63) is 11.3 Å². The number of allylic oxidation sites excluding steroid dienone is 1. The lowest BCUT2D eigenvalue weighted by atomic mass is 10.1. The molecule has 0 aromatic carbocycles. The van der Waals surface area contributed by atoms with E-state index in [9.17, 15) is 4.79 Å². The Morgan fingerprint density at radius 1 is 1.58 bits per heavy atom. The van der Waals surface area contributed by atoms with Gasteiger partial charge in [0.15, 0.2) is 0 Å². The lowest BCUT2D eigenvalue weighted by molar-refractivity contribution is -0.136. The molecule has 12 heavy (non-hydrogen) atoms. The van der Waals surface area contributed by atoms with Gasteiger partial charge >= 0.3 is 5.97 Å². The first-order valence-corrected chi connectivity index (χ1v) is 4.17. The summed E-state index contributed by atoms with van der Waals surface area (Å²) in [7, 11) is 3.27. The number of hydrogen-bond donors (Lipinski definition) is 1. The van der Waals surface area contributed by atoms with Crippen molar-refractivity contribution in [2.24, 2.45) is 5.92 Å². The maximum absolute atomic E-state index is 11.2. The smallest absolute Gasteiger partial charge is 0.335 e. The first-order chi connectivity index (χ1) is 5.69. The van der Waals surface area contributed by atoms with Gasteiger partial charge in [-0.05, 0) is 18.8 Å². The molecule has 0 fully saturated rings. The molecule has 0 bridgehead atoms. The van der Waals surface area contributed by atoms with E-state index in [0.717, 1.165) is 24.1 Å². The maximum Gasteiger partial charge on any atom is 0.335 e. The SMILES string of the molecule is CNC1=C(C(=O)OC)CC(C)C1. The third kappa shape index (κ3) is 1.60. The van der Waals surface area contributed by atoms with E-state index < -0.39 is 0 Å². The Bertz CT molecular complexity index is 221. The van der Waals surface area contributed by atoms with Gasteiger partial charge in [-0.1, -0.05) is 6.92 Å². The zero-order chi connectivity index (χ0) is 9.14. The average Bonchev–Trinajstić information content (AvgIpc) is 2.45. The lowest BCUT2D eigenvalue weighted by Gasteiger charge is -2.03. The van der Waals surface area contributed by atoms with Gasteiger partial charge in [-0.3, -0.25) is 0 Å². The van der Waals surface area contributed by atoms with Crippen LogP contribution in [0.1, 0.15) is 19.8 Å². The number of nitrogens with one attached hydrogen (secondary N) is 1. The van der Waals surface area contributed by atoms with Crippen LogP contribution in [0.25, 0.3) is 0 Å². The van der Waals surface area contributed by atoms with Crippen molar-refractivity contribution in [3.63, 3.8) is 0 Å². The summed E-state index contributed by atoms with van der Waals surface area (Å²) < 4.78 is 4.68. The van der Waals surface area contributed by atoms with Crippen LogP contribution in [0.5, 0.6) is 0 Å². The van der Waals surface area contributed by atoms with Gasteiger partial charge in [0, 0.05) is 12.7 Å². The molecule has 1 N–H and O–H groups in total. The van der Waals surface area contributed by atoms with Crippen LogP contribution in [0.2, 0.25) is 0 Å². The minimum absolute atomic E-state index is 0.191. The largest absolute Gasteiger partial charge is 0.466 e. The van der Waals surface area contributed by atoms with Gasteiger partial charge < -0.3 is 10.1 Å². The van der Waals surface area contributed by atoms with Crippen molar-refractivity contribution in [1.29, 1.82) is 0 Å². The molecule has 1 aliphatic carbocycles. The molecule has 1 aliphatic rings. The number of esters is 1. The molecule has 0 aliphatic heterocycles. The normalized spacial score (nSPS) is 22.8. The first kappa shape index (κ1) is 9.10. The molecular formula is C9H15NO2. The summed E-state index contributed by atoms with van der Waals surface area (Å²) in [5, 5.41) is 3.04. The van der Waals surface area contributed by atoms with Crippen LogP contribution in [0.15, 0.2) is 11.3 Å². The van der Waals surface area contributed by atoms with Crippen LogP contribution in [0.3, 0.4) is 0 Å². The van der Waals surface area contributed by atoms with Crippen molar-refractivity contribution in [2.45, 2.75) is 19.8 Å². The van der Waals surface area contributed by atoms with Crippen molar-refractivity contribution in [2.75, 3.05) is 14.2 Å². The fraction of sp³-hybridized carbons (Fsp3) is 0.667. The molecule has 1 unspecified atom stereocenters. The van der Waals surface area contributed by atoms with Gasteiger partial charge in [0.05, 0.1) is 12.7 Å². The average molecular weight is 169 g/mol. The Morgan fingerprint density at radius 3 is 2.75 bits per heavy atom. The summed E-state index contributed by atoms with van der Waals surface area (Å²) in [6.45, 7) is 2.13. The molecule has 68 valence electrons. The van der Waals surface area contributed by atoms with Crippen molar-refractivity contribution < 1.29 is 9.53 Å². The Balaban J connectivity index is 2.77. The molecular weight excluding hydrogens is 154 g/mol. The summed E-state index contributed by atoms with van der Waals surface area (Å²) in [4.78, 5) is 11.2. The molecule has 0 saturated carbocycles. The Morgan fingerprint density at radius 2 is 2.25 bits per heavy atom. The highest BCUT2D eigenvalue weighted by atomic mass is 16.5. The van der Waals surface area contributed by atoms with Gasteiger partial charge in [0.25, 0.3) is 0 Å². The summed E-state index contributed by atoms with van der Waals surface area (Å²) in [5.74, 6) is 0.366. The summed E-state index contributed by atoms with van der Waals surface area (Å²) in [6, 6.07) is 0. The zero-order valence-electron chi connectivity index (χ0n) is 7.81. The number of rotatable bonds is 2. The molecule has 0 spiro atoms. The fourth-order valence-electron chi connectivity index (χ4n) is 1.60.